The molecule has 1 aromatic rings. The minimum Gasteiger partial charge on any atom is -0.493 e. The van der Waals surface area contributed by atoms with Crippen molar-refractivity contribution in [3.63, 3.8) is 0 Å². The predicted molar refractivity (Wildman–Crippen MR) is 89.6 cm³/mol. The number of nitrogens with one attached hydrogen (secondary N) is 1. The van der Waals surface area contributed by atoms with Gasteiger partial charge in [0.1, 0.15) is 0 Å². The van der Waals surface area contributed by atoms with Gasteiger partial charge in [-0.15, -0.1) is 0 Å². The van der Waals surface area contributed by atoms with Gasteiger partial charge in [-0.25, -0.2) is 0 Å². The maximum absolute atomic E-state index is 12.4. The Labute approximate surface area is 142 Å². The first-order chi connectivity index (χ1) is 11.5. The Morgan fingerprint density at radius 1 is 1.25 bits per heavy atom. The molecule has 0 aliphatic heterocycles. The van der Waals surface area contributed by atoms with E-state index in [4.69, 9.17) is 4.74 Å². The molecule has 0 aliphatic carbocycles. The van der Waals surface area contributed by atoms with Crippen molar-refractivity contribution < 1.29 is 23.0 Å². The molecule has 0 fully saturated rings. The van der Waals surface area contributed by atoms with Gasteiger partial charge in [0.2, 0.25) is 5.91 Å². The highest BCUT2D eigenvalue weighted by atomic mass is 19.3. The number of benzene rings is 1. The second kappa shape index (κ2) is 10.8. The Bertz CT molecular complexity index is 509. The fourth-order valence-corrected chi connectivity index (χ4v) is 2.51. The van der Waals surface area contributed by atoms with Gasteiger partial charge in [0, 0.05) is 12.5 Å². The maximum atomic E-state index is 12.4. The largest absolute Gasteiger partial charge is 0.493 e. The smallest absolute Gasteiger partial charge is 0.387 e. The molecule has 0 heterocycles. The van der Waals surface area contributed by atoms with E-state index in [0.29, 0.717) is 13.0 Å². The summed E-state index contributed by atoms with van der Waals surface area (Å²) in [6, 6.07) is 4.88. The van der Waals surface area contributed by atoms with Crippen LogP contribution in [0.25, 0.3) is 0 Å². The van der Waals surface area contributed by atoms with Crippen LogP contribution in [0.4, 0.5) is 8.78 Å². The molecule has 6 heteroatoms. The predicted octanol–water partition coefficient (Wildman–Crippen LogP) is 4.17. The molecule has 136 valence electrons. The Balaban J connectivity index is 2.56. The summed E-state index contributed by atoms with van der Waals surface area (Å²) in [6.07, 6.45) is 4.37. The van der Waals surface area contributed by atoms with Crippen molar-refractivity contribution in [3.8, 4) is 11.5 Å². The van der Waals surface area contributed by atoms with E-state index in [0.717, 1.165) is 31.2 Å². The minimum atomic E-state index is -2.90. The van der Waals surface area contributed by atoms with Gasteiger partial charge >= 0.3 is 6.61 Å². The van der Waals surface area contributed by atoms with Crippen LogP contribution in [0.2, 0.25) is 0 Å². The fourth-order valence-electron chi connectivity index (χ4n) is 2.51. The van der Waals surface area contributed by atoms with Gasteiger partial charge < -0.3 is 14.8 Å². The number of methoxy groups -OCH3 is 1. The Morgan fingerprint density at radius 2 is 2.00 bits per heavy atom. The topological polar surface area (TPSA) is 47.6 Å². The summed E-state index contributed by atoms with van der Waals surface area (Å²) in [5.74, 6) is 0.362. The van der Waals surface area contributed by atoms with Crippen LogP contribution >= 0.6 is 0 Å². The first-order valence-corrected chi connectivity index (χ1v) is 8.41. The molecule has 0 spiro atoms. The zero-order chi connectivity index (χ0) is 17.9. The van der Waals surface area contributed by atoms with Gasteiger partial charge in [-0.2, -0.15) is 8.78 Å². The molecule has 1 unspecified atom stereocenters. The van der Waals surface area contributed by atoms with Crippen LogP contribution in [0.1, 0.15) is 45.1 Å². The lowest BCUT2D eigenvalue weighted by atomic mass is 9.98. The van der Waals surface area contributed by atoms with Crippen LogP contribution in [-0.2, 0) is 11.2 Å². The summed E-state index contributed by atoms with van der Waals surface area (Å²) in [7, 11) is 1.40. The Hall–Kier alpha value is -1.85. The maximum Gasteiger partial charge on any atom is 0.387 e. The quantitative estimate of drug-likeness (QED) is 0.656. The zero-order valence-corrected chi connectivity index (χ0v) is 14.6. The van der Waals surface area contributed by atoms with Gasteiger partial charge in [0.15, 0.2) is 11.5 Å². The summed E-state index contributed by atoms with van der Waals surface area (Å²) in [6.45, 7) is 1.67. The molecule has 1 aromatic carbocycles. The molecule has 0 saturated heterocycles. The molecular weight excluding hydrogens is 316 g/mol. The molecule has 1 atom stereocenters. The molecule has 0 aliphatic rings. The van der Waals surface area contributed by atoms with Crippen molar-refractivity contribution in [3.05, 3.63) is 23.8 Å². The van der Waals surface area contributed by atoms with E-state index >= 15 is 0 Å². The van der Waals surface area contributed by atoms with Gasteiger partial charge in [-0.1, -0.05) is 32.8 Å². The number of halogens is 2. The third kappa shape index (κ3) is 6.72. The van der Waals surface area contributed by atoms with Crippen LogP contribution in [0.15, 0.2) is 18.2 Å². The van der Waals surface area contributed by atoms with Crippen LogP contribution in [0.5, 0.6) is 11.5 Å². The van der Waals surface area contributed by atoms with E-state index in [-0.39, 0.29) is 23.3 Å². The molecule has 1 N–H and O–H groups in total. The number of rotatable bonds is 11. The van der Waals surface area contributed by atoms with E-state index in [2.05, 4.69) is 17.0 Å². The number of alkyl halides is 2. The van der Waals surface area contributed by atoms with Crippen molar-refractivity contribution in [1.82, 2.24) is 5.32 Å². The highest BCUT2D eigenvalue weighted by Gasteiger charge is 2.15. The Kier molecular flexibility index (Phi) is 9.12. The third-order valence-corrected chi connectivity index (χ3v) is 3.93. The second-order valence-corrected chi connectivity index (χ2v) is 5.65. The highest BCUT2D eigenvalue weighted by Crippen LogP contribution is 2.29. The number of hydrogen-bond acceptors (Lipinski definition) is 3. The molecule has 1 amide bonds. The van der Waals surface area contributed by atoms with Gasteiger partial charge in [-0.05, 0) is 37.0 Å². The van der Waals surface area contributed by atoms with Crippen LogP contribution < -0.4 is 14.8 Å². The summed E-state index contributed by atoms with van der Waals surface area (Å²) >= 11 is 0. The molecule has 0 radical (unpaired) electrons. The van der Waals surface area contributed by atoms with Crippen LogP contribution in [0.3, 0.4) is 0 Å². The monoisotopic (exact) mass is 343 g/mol. The standard InChI is InChI=1S/C18H27F2NO3/c1-4-6-7-14(5-2)17(22)21-11-10-13-8-9-15(23-3)16(12-13)24-18(19)20/h8-9,12,14,18H,4-7,10-11H2,1-3H3,(H,21,22). The van der Waals surface area contributed by atoms with Crippen LogP contribution in [0, 0.1) is 5.92 Å². The fraction of sp³-hybridized carbons (Fsp3) is 0.611. The van der Waals surface area contributed by atoms with Crippen molar-refractivity contribution in [1.29, 1.82) is 0 Å². The van der Waals surface area contributed by atoms with E-state index in [1.54, 1.807) is 12.1 Å². The normalized spacial score (nSPS) is 12.1. The number of ether oxygens (including phenoxy) is 2. The highest BCUT2D eigenvalue weighted by molar-refractivity contribution is 5.78. The molecule has 0 saturated carbocycles. The first kappa shape index (κ1) is 20.2. The lowest BCUT2D eigenvalue weighted by molar-refractivity contribution is -0.125. The van der Waals surface area contributed by atoms with Crippen molar-refractivity contribution >= 4 is 5.91 Å². The van der Waals surface area contributed by atoms with E-state index in [1.807, 2.05) is 6.92 Å². The summed E-state index contributed by atoms with van der Waals surface area (Å²) in [5, 5.41) is 2.92. The minimum absolute atomic E-state index is 0.00528. The SMILES string of the molecule is CCCCC(CC)C(=O)NCCc1ccc(OC)c(OC(F)F)c1. The second-order valence-electron chi connectivity index (χ2n) is 5.65. The number of unbranched alkanes of at least 4 members (excludes halogenated alkanes) is 1. The molecule has 0 bridgehead atoms. The van der Waals surface area contributed by atoms with Gasteiger partial charge in [-0.3, -0.25) is 4.79 Å². The zero-order valence-electron chi connectivity index (χ0n) is 14.6. The molecular formula is C18H27F2NO3. The lowest BCUT2D eigenvalue weighted by Gasteiger charge is -2.15. The summed E-state index contributed by atoms with van der Waals surface area (Å²) < 4.78 is 34.3. The van der Waals surface area contributed by atoms with E-state index in [9.17, 15) is 13.6 Å². The molecule has 24 heavy (non-hydrogen) atoms. The number of amides is 1. The number of carbonyl (C=O) groups is 1. The summed E-state index contributed by atoms with van der Waals surface area (Å²) in [4.78, 5) is 12.1. The molecule has 1 rings (SSSR count). The lowest BCUT2D eigenvalue weighted by Crippen LogP contribution is -2.32. The third-order valence-electron chi connectivity index (χ3n) is 3.93. The van der Waals surface area contributed by atoms with E-state index < -0.39 is 6.61 Å². The van der Waals surface area contributed by atoms with Crippen molar-refractivity contribution in [2.45, 2.75) is 52.6 Å². The molecule has 0 aromatic heterocycles. The van der Waals surface area contributed by atoms with Crippen molar-refractivity contribution in [2.24, 2.45) is 5.92 Å². The number of carbonyl (C=O) groups excluding carboxylic acids is 1. The summed E-state index contributed by atoms with van der Waals surface area (Å²) in [5.41, 5.74) is 0.799. The molecule has 4 nitrogen and oxygen atoms in total. The van der Waals surface area contributed by atoms with Gasteiger partial charge in [0.25, 0.3) is 0 Å². The Morgan fingerprint density at radius 3 is 2.58 bits per heavy atom. The van der Waals surface area contributed by atoms with Gasteiger partial charge in [0.05, 0.1) is 7.11 Å². The average Bonchev–Trinajstić information content (AvgIpc) is 2.55. The average molecular weight is 343 g/mol. The first-order valence-electron chi connectivity index (χ1n) is 8.41. The number of hydrogen-bond donors (Lipinski definition) is 1. The van der Waals surface area contributed by atoms with E-state index in [1.165, 1.54) is 13.2 Å². The van der Waals surface area contributed by atoms with Crippen LogP contribution in [-0.4, -0.2) is 26.2 Å². The van der Waals surface area contributed by atoms with Crippen molar-refractivity contribution in [2.75, 3.05) is 13.7 Å².